The number of amides is 1. The number of thiocarbonyl (C=S) groups is 1. The molecular weight excluding hydrogens is 391 g/mol. The van der Waals surface area contributed by atoms with E-state index >= 15 is 0 Å². The minimum atomic E-state index is -0.365. The third-order valence-corrected chi connectivity index (χ3v) is 4.46. The normalized spacial score (nSPS) is 10.4. The number of halogens is 2. The van der Waals surface area contributed by atoms with Crippen molar-refractivity contribution in [1.29, 1.82) is 0 Å². The molecule has 2 N–H and O–H groups in total. The van der Waals surface area contributed by atoms with E-state index in [9.17, 15) is 4.79 Å². The first-order chi connectivity index (χ1) is 12.5. The van der Waals surface area contributed by atoms with Gasteiger partial charge >= 0.3 is 0 Å². The van der Waals surface area contributed by atoms with E-state index in [0.717, 1.165) is 10.8 Å². The molecule has 0 bridgehead atoms. The minimum absolute atomic E-state index is 0.149. The number of anilines is 1. The van der Waals surface area contributed by atoms with Crippen LogP contribution in [0.25, 0.3) is 10.8 Å². The van der Waals surface area contributed by atoms with Gasteiger partial charge in [0.2, 0.25) is 0 Å². The lowest BCUT2D eigenvalue weighted by molar-refractivity contribution is -0.121. The summed E-state index contributed by atoms with van der Waals surface area (Å²) < 4.78 is 5.52. The highest BCUT2D eigenvalue weighted by molar-refractivity contribution is 7.80. The molecule has 3 rings (SSSR count). The molecule has 0 aliphatic heterocycles. The summed E-state index contributed by atoms with van der Waals surface area (Å²) in [6, 6.07) is 18.5. The van der Waals surface area contributed by atoms with Crippen LogP contribution in [0.15, 0.2) is 60.7 Å². The van der Waals surface area contributed by atoms with Crippen molar-refractivity contribution in [2.45, 2.75) is 0 Å². The Morgan fingerprint density at radius 2 is 1.73 bits per heavy atom. The number of hydrogen-bond acceptors (Lipinski definition) is 3. The second-order valence-electron chi connectivity index (χ2n) is 5.43. The van der Waals surface area contributed by atoms with E-state index in [-0.39, 0.29) is 17.6 Å². The molecule has 0 unspecified atom stereocenters. The Balaban J connectivity index is 1.52. The molecule has 0 radical (unpaired) electrons. The van der Waals surface area contributed by atoms with E-state index in [1.54, 1.807) is 18.2 Å². The van der Waals surface area contributed by atoms with E-state index in [1.165, 1.54) is 0 Å². The fraction of sp³-hybridized carbons (Fsp3) is 0.0526. The molecule has 7 heteroatoms. The lowest BCUT2D eigenvalue weighted by atomic mass is 10.1. The highest BCUT2D eigenvalue weighted by Crippen LogP contribution is 2.25. The van der Waals surface area contributed by atoms with E-state index in [0.29, 0.717) is 21.5 Å². The van der Waals surface area contributed by atoms with Crippen LogP contribution in [0.2, 0.25) is 10.0 Å². The van der Waals surface area contributed by atoms with Gasteiger partial charge in [0.1, 0.15) is 5.75 Å². The summed E-state index contributed by atoms with van der Waals surface area (Å²) in [4.78, 5) is 12.0. The molecule has 0 atom stereocenters. The van der Waals surface area contributed by atoms with Gasteiger partial charge in [-0.1, -0.05) is 53.5 Å². The van der Waals surface area contributed by atoms with Crippen LogP contribution in [-0.4, -0.2) is 17.6 Å². The number of carbonyl (C=O) groups is 1. The Bertz CT molecular complexity index is 979. The zero-order valence-corrected chi connectivity index (χ0v) is 15.8. The van der Waals surface area contributed by atoms with Crippen molar-refractivity contribution in [3.63, 3.8) is 0 Å². The number of carbonyl (C=O) groups excluding carboxylic acids is 1. The molecule has 0 fully saturated rings. The Morgan fingerprint density at radius 3 is 2.50 bits per heavy atom. The van der Waals surface area contributed by atoms with Gasteiger partial charge < -0.3 is 10.1 Å². The van der Waals surface area contributed by atoms with Crippen LogP contribution in [0.3, 0.4) is 0 Å². The Kier molecular flexibility index (Phi) is 5.93. The molecular formula is C19H14Cl2N2O2S. The predicted molar refractivity (Wildman–Crippen MR) is 110 cm³/mol. The smallest absolute Gasteiger partial charge is 0.264 e. The first-order valence-electron chi connectivity index (χ1n) is 7.69. The van der Waals surface area contributed by atoms with E-state index in [1.807, 2.05) is 42.5 Å². The lowest BCUT2D eigenvalue weighted by Crippen LogP contribution is -2.37. The average Bonchev–Trinajstić information content (AvgIpc) is 2.63. The Hall–Kier alpha value is -2.34. The number of nitrogens with one attached hydrogen (secondary N) is 2. The van der Waals surface area contributed by atoms with Crippen LogP contribution in [0.4, 0.5) is 5.69 Å². The van der Waals surface area contributed by atoms with E-state index < -0.39 is 0 Å². The number of ether oxygens (including phenoxy) is 1. The first kappa shape index (κ1) is 18.5. The fourth-order valence-corrected chi connectivity index (χ4v) is 2.83. The predicted octanol–water partition coefficient (Wildman–Crippen LogP) is 5.04. The topological polar surface area (TPSA) is 50.4 Å². The molecule has 0 saturated carbocycles. The monoisotopic (exact) mass is 404 g/mol. The minimum Gasteiger partial charge on any atom is -0.484 e. The maximum Gasteiger partial charge on any atom is 0.264 e. The van der Waals surface area contributed by atoms with Crippen LogP contribution in [-0.2, 0) is 4.79 Å². The molecule has 3 aromatic carbocycles. The first-order valence-corrected chi connectivity index (χ1v) is 8.85. The van der Waals surface area contributed by atoms with Crippen LogP contribution in [0.5, 0.6) is 5.75 Å². The van der Waals surface area contributed by atoms with Crippen LogP contribution < -0.4 is 15.4 Å². The summed E-state index contributed by atoms with van der Waals surface area (Å²) in [6.07, 6.45) is 0. The maximum atomic E-state index is 12.0. The van der Waals surface area contributed by atoms with Crippen molar-refractivity contribution < 1.29 is 9.53 Å². The quantitative estimate of drug-likeness (QED) is 0.598. The Morgan fingerprint density at radius 1 is 0.962 bits per heavy atom. The molecule has 0 aromatic heterocycles. The standard InChI is InChI=1S/C19H14Cl2N2O2S/c20-16-8-6-14(10-17(16)21)22-19(26)23-18(24)11-25-15-7-5-12-3-1-2-4-13(12)9-15/h1-10H,11H2,(H2,22,23,24,26). The summed E-state index contributed by atoms with van der Waals surface area (Å²) in [5, 5.41) is 8.55. The van der Waals surface area contributed by atoms with E-state index in [4.69, 9.17) is 40.2 Å². The summed E-state index contributed by atoms with van der Waals surface area (Å²) >= 11 is 16.9. The van der Waals surface area contributed by atoms with Gasteiger partial charge in [0.25, 0.3) is 5.91 Å². The number of hydrogen-bond donors (Lipinski definition) is 2. The van der Waals surface area contributed by atoms with Gasteiger partial charge in [0.15, 0.2) is 11.7 Å². The summed E-state index contributed by atoms with van der Waals surface area (Å²) in [5.41, 5.74) is 0.625. The molecule has 0 aliphatic rings. The molecule has 0 aliphatic carbocycles. The van der Waals surface area contributed by atoms with Crippen molar-refractivity contribution in [2.75, 3.05) is 11.9 Å². The van der Waals surface area contributed by atoms with Gasteiger partial charge in [-0.2, -0.15) is 0 Å². The maximum absolute atomic E-state index is 12.0. The summed E-state index contributed by atoms with van der Waals surface area (Å²) in [7, 11) is 0. The third-order valence-electron chi connectivity index (χ3n) is 3.52. The van der Waals surface area contributed by atoms with Crippen molar-refractivity contribution >= 4 is 62.9 Å². The SMILES string of the molecule is O=C(COc1ccc2ccccc2c1)NC(=S)Nc1ccc(Cl)c(Cl)c1. The van der Waals surface area contributed by atoms with Crippen LogP contribution in [0.1, 0.15) is 0 Å². The Labute approximate surface area is 166 Å². The van der Waals surface area contributed by atoms with Crippen molar-refractivity contribution in [3.05, 3.63) is 70.7 Å². The van der Waals surface area contributed by atoms with E-state index in [2.05, 4.69) is 10.6 Å². The molecule has 26 heavy (non-hydrogen) atoms. The van der Waals surface area contributed by atoms with Crippen molar-refractivity contribution in [3.8, 4) is 5.75 Å². The lowest BCUT2D eigenvalue weighted by Gasteiger charge is -2.11. The van der Waals surface area contributed by atoms with Gasteiger partial charge in [-0.05, 0) is 53.3 Å². The highest BCUT2D eigenvalue weighted by atomic mass is 35.5. The second-order valence-corrected chi connectivity index (χ2v) is 6.65. The van der Waals surface area contributed by atoms with Crippen LogP contribution in [0, 0.1) is 0 Å². The average molecular weight is 405 g/mol. The molecule has 0 saturated heterocycles. The summed E-state index contributed by atoms with van der Waals surface area (Å²) in [6.45, 7) is -0.151. The number of rotatable bonds is 4. The summed E-state index contributed by atoms with van der Waals surface area (Å²) in [5.74, 6) is 0.248. The van der Waals surface area contributed by atoms with Gasteiger partial charge in [-0.25, -0.2) is 0 Å². The zero-order valence-electron chi connectivity index (χ0n) is 13.5. The fourth-order valence-electron chi connectivity index (χ4n) is 2.31. The molecule has 132 valence electrons. The van der Waals surface area contributed by atoms with Crippen molar-refractivity contribution in [2.24, 2.45) is 0 Å². The van der Waals surface area contributed by atoms with Crippen LogP contribution >= 0.6 is 35.4 Å². The molecule has 4 nitrogen and oxygen atoms in total. The molecule has 3 aromatic rings. The largest absolute Gasteiger partial charge is 0.484 e. The zero-order chi connectivity index (χ0) is 18.5. The van der Waals surface area contributed by atoms with Gasteiger partial charge in [0, 0.05) is 5.69 Å². The van der Waals surface area contributed by atoms with Gasteiger partial charge in [-0.3, -0.25) is 10.1 Å². The molecule has 0 spiro atoms. The number of fused-ring (bicyclic) bond motifs is 1. The second kappa shape index (κ2) is 8.36. The molecule has 1 amide bonds. The third kappa shape index (κ3) is 4.85. The molecule has 0 heterocycles. The van der Waals surface area contributed by atoms with Gasteiger partial charge in [-0.15, -0.1) is 0 Å². The number of benzene rings is 3. The van der Waals surface area contributed by atoms with Gasteiger partial charge in [0.05, 0.1) is 10.0 Å². The van der Waals surface area contributed by atoms with Crippen molar-refractivity contribution in [1.82, 2.24) is 5.32 Å². The highest BCUT2D eigenvalue weighted by Gasteiger charge is 2.07.